The van der Waals surface area contributed by atoms with Gasteiger partial charge in [0.05, 0.1) is 10.9 Å². The average Bonchev–Trinajstić information content (AvgIpc) is 2.63. The van der Waals surface area contributed by atoms with Crippen molar-refractivity contribution in [3.63, 3.8) is 0 Å². The first-order chi connectivity index (χ1) is 12.1. The predicted octanol–water partition coefficient (Wildman–Crippen LogP) is 3.12. The van der Waals surface area contributed by atoms with E-state index in [1.54, 1.807) is 37.0 Å². The SMILES string of the molecule is Cn1c(=S)[nH]c2cc(C(=O)NCCSc3ccccc3)ccc2c1=O. The van der Waals surface area contributed by atoms with Gasteiger partial charge in [0.1, 0.15) is 0 Å². The van der Waals surface area contributed by atoms with Crippen molar-refractivity contribution < 1.29 is 4.79 Å². The summed E-state index contributed by atoms with van der Waals surface area (Å²) in [6.07, 6.45) is 0. The fourth-order valence-electron chi connectivity index (χ4n) is 2.40. The Hall–Kier alpha value is -2.38. The van der Waals surface area contributed by atoms with Crippen molar-refractivity contribution in [2.24, 2.45) is 7.05 Å². The molecule has 0 aliphatic rings. The normalized spacial score (nSPS) is 10.8. The van der Waals surface area contributed by atoms with Crippen molar-refractivity contribution >= 4 is 40.8 Å². The molecule has 25 heavy (non-hydrogen) atoms. The monoisotopic (exact) mass is 371 g/mol. The first-order valence-corrected chi connectivity index (χ1v) is 9.15. The second-order valence-electron chi connectivity index (χ2n) is 5.47. The molecule has 0 aliphatic heterocycles. The van der Waals surface area contributed by atoms with E-state index in [-0.39, 0.29) is 11.5 Å². The molecule has 0 saturated carbocycles. The Morgan fingerprint density at radius 1 is 1.24 bits per heavy atom. The second-order valence-corrected chi connectivity index (χ2v) is 7.03. The molecule has 3 aromatic rings. The number of carbonyl (C=O) groups excluding carboxylic acids is 1. The largest absolute Gasteiger partial charge is 0.351 e. The second kappa shape index (κ2) is 7.67. The van der Waals surface area contributed by atoms with Crippen LogP contribution in [0.1, 0.15) is 10.4 Å². The van der Waals surface area contributed by atoms with Crippen molar-refractivity contribution in [3.05, 3.63) is 69.2 Å². The van der Waals surface area contributed by atoms with E-state index in [9.17, 15) is 9.59 Å². The van der Waals surface area contributed by atoms with Crippen LogP contribution in [0.4, 0.5) is 0 Å². The van der Waals surface area contributed by atoms with Gasteiger partial charge in [-0.25, -0.2) is 0 Å². The highest BCUT2D eigenvalue weighted by Gasteiger charge is 2.09. The van der Waals surface area contributed by atoms with E-state index in [0.717, 1.165) is 5.75 Å². The summed E-state index contributed by atoms with van der Waals surface area (Å²) in [5.74, 6) is 0.613. The van der Waals surface area contributed by atoms with Crippen LogP contribution in [0.15, 0.2) is 58.2 Å². The van der Waals surface area contributed by atoms with Crippen molar-refractivity contribution in [2.45, 2.75) is 4.90 Å². The maximum Gasteiger partial charge on any atom is 0.261 e. The number of aromatic amines is 1. The van der Waals surface area contributed by atoms with Gasteiger partial charge in [0.25, 0.3) is 11.5 Å². The van der Waals surface area contributed by atoms with Gasteiger partial charge >= 0.3 is 0 Å². The summed E-state index contributed by atoms with van der Waals surface area (Å²) >= 11 is 6.80. The molecule has 2 aromatic carbocycles. The molecule has 1 heterocycles. The zero-order valence-corrected chi connectivity index (χ0v) is 15.2. The Labute approximate surface area is 154 Å². The van der Waals surface area contributed by atoms with E-state index in [4.69, 9.17) is 12.2 Å². The minimum absolute atomic E-state index is 0.171. The van der Waals surface area contributed by atoms with E-state index in [2.05, 4.69) is 10.3 Å². The molecule has 5 nitrogen and oxygen atoms in total. The van der Waals surface area contributed by atoms with Gasteiger partial charge in [0, 0.05) is 29.8 Å². The molecule has 0 atom stereocenters. The van der Waals surface area contributed by atoms with Crippen LogP contribution in [-0.4, -0.2) is 27.8 Å². The molecule has 0 fully saturated rings. The minimum atomic E-state index is -0.176. The maximum absolute atomic E-state index is 12.3. The van der Waals surface area contributed by atoms with Gasteiger partial charge in [-0.15, -0.1) is 11.8 Å². The first kappa shape index (κ1) is 17.4. The highest BCUT2D eigenvalue weighted by molar-refractivity contribution is 7.99. The lowest BCUT2D eigenvalue weighted by Crippen LogP contribution is -2.26. The molecule has 0 bridgehead atoms. The van der Waals surface area contributed by atoms with Crippen molar-refractivity contribution in [1.82, 2.24) is 14.9 Å². The van der Waals surface area contributed by atoms with Crippen LogP contribution in [0.3, 0.4) is 0 Å². The Balaban J connectivity index is 1.67. The molecule has 0 spiro atoms. The number of amides is 1. The number of fused-ring (bicyclic) bond motifs is 1. The van der Waals surface area contributed by atoms with Crippen LogP contribution in [0.5, 0.6) is 0 Å². The van der Waals surface area contributed by atoms with Crippen LogP contribution < -0.4 is 10.9 Å². The molecule has 7 heteroatoms. The van der Waals surface area contributed by atoms with Crippen LogP contribution >= 0.6 is 24.0 Å². The van der Waals surface area contributed by atoms with Gasteiger partial charge in [-0.2, -0.15) is 0 Å². The highest BCUT2D eigenvalue weighted by atomic mass is 32.2. The molecule has 0 unspecified atom stereocenters. The Bertz CT molecular complexity index is 1030. The lowest BCUT2D eigenvalue weighted by atomic mass is 10.1. The van der Waals surface area contributed by atoms with Crippen LogP contribution in [0.2, 0.25) is 0 Å². The third-order valence-electron chi connectivity index (χ3n) is 3.76. The summed E-state index contributed by atoms with van der Waals surface area (Å²) in [4.78, 5) is 28.6. The summed E-state index contributed by atoms with van der Waals surface area (Å²) < 4.78 is 1.70. The summed E-state index contributed by atoms with van der Waals surface area (Å²) in [6.45, 7) is 0.559. The van der Waals surface area contributed by atoms with Crippen LogP contribution in [0.25, 0.3) is 10.9 Å². The number of benzene rings is 2. The molecule has 2 N–H and O–H groups in total. The number of aromatic nitrogens is 2. The van der Waals surface area contributed by atoms with Crippen molar-refractivity contribution in [1.29, 1.82) is 0 Å². The van der Waals surface area contributed by atoms with E-state index < -0.39 is 0 Å². The number of hydrogen-bond acceptors (Lipinski definition) is 4. The van der Waals surface area contributed by atoms with Gasteiger partial charge in [-0.3, -0.25) is 14.2 Å². The molecule has 1 amide bonds. The van der Waals surface area contributed by atoms with Crippen LogP contribution in [0, 0.1) is 4.77 Å². The van der Waals surface area contributed by atoms with Gasteiger partial charge in [-0.05, 0) is 42.5 Å². The van der Waals surface area contributed by atoms with Crippen molar-refractivity contribution in [2.75, 3.05) is 12.3 Å². The number of H-pyrrole nitrogens is 1. The van der Waals surface area contributed by atoms with E-state index >= 15 is 0 Å². The first-order valence-electron chi connectivity index (χ1n) is 7.75. The Kier molecular flexibility index (Phi) is 5.35. The topological polar surface area (TPSA) is 66.9 Å². The molecule has 0 aliphatic carbocycles. The molecule has 0 saturated heterocycles. The molecule has 0 radical (unpaired) electrons. The molecule has 3 rings (SSSR count). The number of nitrogens with one attached hydrogen (secondary N) is 2. The lowest BCUT2D eigenvalue weighted by molar-refractivity contribution is 0.0956. The van der Waals surface area contributed by atoms with Crippen molar-refractivity contribution in [3.8, 4) is 0 Å². The number of hydrogen-bond donors (Lipinski definition) is 2. The summed E-state index contributed by atoms with van der Waals surface area (Å²) in [7, 11) is 1.62. The van der Waals surface area contributed by atoms with Gasteiger partial charge in [-0.1, -0.05) is 18.2 Å². The molecule has 128 valence electrons. The minimum Gasteiger partial charge on any atom is -0.351 e. The van der Waals surface area contributed by atoms with Gasteiger partial charge in [0.2, 0.25) is 0 Å². The number of nitrogens with zero attached hydrogens (tertiary/aromatic N) is 1. The van der Waals surface area contributed by atoms with Crippen LogP contribution in [-0.2, 0) is 7.05 Å². The summed E-state index contributed by atoms with van der Waals surface area (Å²) in [6, 6.07) is 15.0. The molecule has 1 aromatic heterocycles. The standard InChI is InChI=1S/C18H17N3O2S2/c1-21-17(23)14-8-7-12(11-15(14)20-18(21)24)16(22)19-9-10-25-13-5-3-2-4-6-13/h2-8,11H,9-10H2,1H3,(H,19,22)(H,20,24). The maximum atomic E-state index is 12.3. The third-order valence-corrected chi connectivity index (χ3v) is 5.15. The Morgan fingerprint density at radius 3 is 2.76 bits per heavy atom. The molecular weight excluding hydrogens is 354 g/mol. The van der Waals surface area contributed by atoms with E-state index in [1.165, 1.54) is 9.46 Å². The lowest BCUT2D eigenvalue weighted by Gasteiger charge is -2.07. The summed E-state index contributed by atoms with van der Waals surface area (Å²) in [5, 5.41) is 3.40. The smallest absolute Gasteiger partial charge is 0.261 e. The van der Waals surface area contributed by atoms with E-state index in [1.807, 2.05) is 30.3 Å². The third kappa shape index (κ3) is 4.00. The van der Waals surface area contributed by atoms with Gasteiger partial charge in [0.15, 0.2) is 4.77 Å². The number of thioether (sulfide) groups is 1. The highest BCUT2D eigenvalue weighted by Crippen LogP contribution is 2.16. The number of rotatable bonds is 5. The van der Waals surface area contributed by atoms with Gasteiger partial charge < -0.3 is 10.3 Å². The number of carbonyl (C=O) groups is 1. The molecular formula is C18H17N3O2S2. The summed E-state index contributed by atoms with van der Waals surface area (Å²) in [5.41, 5.74) is 0.889. The quantitative estimate of drug-likeness (QED) is 0.411. The fraction of sp³-hybridized carbons (Fsp3) is 0.167. The average molecular weight is 371 g/mol. The fourth-order valence-corrected chi connectivity index (χ4v) is 3.38. The van der Waals surface area contributed by atoms with E-state index in [0.29, 0.717) is 27.8 Å². The predicted molar refractivity (Wildman–Crippen MR) is 104 cm³/mol. The Morgan fingerprint density at radius 2 is 2.00 bits per heavy atom. The zero-order chi connectivity index (χ0) is 17.8. The zero-order valence-electron chi connectivity index (χ0n) is 13.6.